The number of benzene rings is 1. The summed E-state index contributed by atoms with van der Waals surface area (Å²) in [5, 5.41) is 9.87. The van der Waals surface area contributed by atoms with Crippen LogP contribution in [0.25, 0.3) is 0 Å². The van der Waals surface area contributed by atoms with Gasteiger partial charge in [-0.1, -0.05) is 29.3 Å². The minimum Gasteiger partial charge on any atom is -0.489 e. The third-order valence-corrected chi connectivity index (χ3v) is 4.23. The van der Waals surface area contributed by atoms with E-state index in [1.807, 2.05) is 0 Å². The van der Waals surface area contributed by atoms with Crippen LogP contribution in [0.4, 0.5) is 0 Å². The van der Waals surface area contributed by atoms with E-state index in [9.17, 15) is 4.79 Å². The SMILES string of the molecule is O=C(O)CC1CCCN(CCOc2c(Cl)cccc2Cl)C1. The number of ether oxygens (including phenoxy) is 1. The lowest BCUT2D eigenvalue weighted by atomic mass is 9.95. The lowest BCUT2D eigenvalue weighted by Gasteiger charge is -2.31. The van der Waals surface area contributed by atoms with Gasteiger partial charge in [0.15, 0.2) is 5.75 Å². The Labute approximate surface area is 134 Å². The summed E-state index contributed by atoms with van der Waals surface area (Å²) in [5.41, 5.74) is 0. The molecule has 1 aromatic rings. The molecular weight excluding hydrogens is 313 g/mol. The third kappa shape index (κ3) is 5.06. The van der Waals surface area contributed by atoms with E-state index in [-0.39, 0.29) is 12.3 Å². The number of rotatable bonds is 6. The van der Waals surface area contributed by atoms with Crippen LogP contribution in [0.1, 0.15) is 19.3 Å². The van der Waals surface area contributed by atoms with E-state index < -0.39 is 5.97 Å². The van der Waals surface area contributed by atoms with Crippen LogP contribution in [0.3, 0.4) is 0 Å². The second-order valence-corrected chi connectivity index (χ2v) is 6.12. The van der Waals surface area contributed by atoms with Crippen molar-refractivity contribution in [2.75, 3.05) is 26.2 Å². The van der Waals surface area contributed by atoms with Crippen LogP contribution in [-0.4, -0.2) is 42.2 Å². The van der Waals surface area contributed by atoms with Gasteiger partial charge in [-0.15, -0.1) is 0 Å². The summed E-state index contributed by atoms with van der Waals surface area (Å²) in [6, 6.07) is 5.26. The van der Waals surface area contributed by atoms with Gasteiger partial charge < -0.3 is 9.84 Å². The van der Waals surface area contributed by atoms with E-state index in [2.05, 4.69) is 4.90 Å². The number of carbonyl (C=O) groups is 1. The summed E-state index contributed by atoms with van der Waals surface area (Å²) in [7, 11) is 0. The molecule has 4 nitrogen and oxygen atoms in total. The Hall–Kier alpha value is -0.970. The Kier molecular flexibility index (Phi) is 6.15. The van der Waals surface area contributed by atoms with Gasteiger partial charge in [-0.2, -0.15) is 0 Å². The molecule has 6 heteroatoms. The molecule has 1 saturated heterocycles. The van der Waals surface area contributed by atoms with Crippen molar-refractivity contribution in [3.63, 3.8) is 0 Å². The Morgan fingerprint density at radius 2 is 2.10 bits per heavy atom. The van der Waals surface area contributed by atoms with Gasteiger partial charge >= 0.3 is 5.97 Å². The largest absolute Gasteiger partial charge is 0.489 e. The number of hydrogen-bond donors (Lipinski definition) is 1. The predicted octanol–water partition coefficient (Wildman–Crippen LogP) is 3.56. The van der Waals surface area contributed by atoms with Crippen molar-refractivity contribution >= 4 is 29.2 Å². The smallest absolute Gasteiger partial charge is 0.303 e. The maximum atomic E-state index is 10.8. The second kappa shape index (κ2) is 7.87. The molecule has 21 heavy (non-hydrogen) atoms. The normalized spacial score (nSPS) is 19.4. The first kappa shape index (κ1) is 16.4. The van der Waals surface area contributed by atoms with Crippen LogP contribution in [-0.2, 0) is 4.79 Å². The van der Waals surface area contributed by atoms with Gasteiger partial charge in [0.1, 0.15) is 6.61 Å². The number of nitrogens with zero attached hydrogens (tertiary/aromatic N) is 1. The number of carboxylic acid groups (broad SMARTS) is 1. The van der Waals surface area contributed by atoms with Gasteiger partial charge in [-0.3, -0.25) is 9.69 Å². The summed E-state index contributed by atoms with van der Waals surface area (Å²) < 4.78 is 5.66. The van der Waals surface area contributed by atoms with Gasteiger partial charge in [-0.25, -0.2) is 0 Å². The Morgan fingerprint density at radius 1 is 1.38 bits per heavy atom. The van der Waals surface area contributed by atoms with Gasteiger partial charge in [0, 0.05) is 19.5 Å². The van der Waals surface area contributed by atoms with Gasteiger partial charge in [0.05, 0.1) is 10.0 Å². The fourth-order valence-corrected chi connectivity index (χ4v) is 3.17. The van der Waals surface area contributed by atoms with Crippen LogP contribution >= 0.6 is 23.2 Å². The van der Waals surface area contributed by atoms with Crippen LogP contribution in [0.15, 0.2) is 18.2 Å². The molecule has 0 amide bonds. The first-order valence-electron chi connectivity index (χ1n) is 7.07. The molecule has 1 aliphatic heterocycles. The first-order chi connectivity index (χ1) is 10.1. The van der Waals surface area contributed by atoms with E-state index in [1.165, 1.54) is 0 Å². The van der Waals surface area contributed by atoms with Crippen LogP contribution < -0.4 is 4.74 Å². The van der Waals surface area contributed by atoms with Gasteiger partial charge in [0.2, 0.25) is 0 Å². The van der Waals surface area contributed by atoms with Crippen molar-refractivity contribution in [2.45, 2.75) is 19.3 Å². The number of aliphatic carboxylic acids is 1. The van der Waals surface area contributed by atoms with Crippen molar-refractivity contribution in [1.82, 2.24) is 4.90 Å². The molecular formula is C15H19Cl2NO3. The van der Waals surface area contributed by atoms with Gasteiger partial charge in [0.25, 0.3) is 0 Å². The molecule has 0 aromatic heterocycles. The average molecular weight is 332 g/mol. The molecule has 1 N–H and O–H groups in total. The van der Waals surface area contributed by atoms with E-state index in [0.29, 0.717) is 22.4 Å². The summed E-state index contributed by atoms with van der Waals surface area (Å²) in [5.74, 6) is 0.0287. The summed E-state index contributed by atoms with van der Waals surface area (Å²) in [6.07, 6.45) is 2.26. The minimum absolute atomic E-state index is 0.236. The summed E-state index contributed by atoms with van der Waals surface area (Å²) >= 11 is 12.1. The van der Waals surface area contributed by atoms with E-state index in [1.54, 1.807) is 18.2 Å². The van der Waals surface area contributed by atoms with Crippen molar-refractivity contribution in [3.8, 4) is 5.75 Å². The molecule has 0 aliphatic carbocycles. The van der Waals surface area contributed by atoms with Crippen LogP contribution in [0, 0.1) is 5.92 Å². The van der Waals surface area contributed by atoms with Crippen molar-refractivity contribution in [1.29, 1.82) is 0 Å². The molecule has 0 saturated carbocycles. The molecule has 0 spiro atoms. The second-order valence-electron chi connectivity index (χ2n) is 5.31. The number of para-hydroxylation sites is 1. The van der Waals surface area contributed by atoms with Crippen molar-refractivity contribution in [3.05, 3.63) is 28.2 Å². The number of hydrogen-bond acceptors (Lipinski definition) is 3. The summed E-state index contributed by atoms with van der Waals surface area (Å²) in [4.78, 5) is 13.0. The van der Waals surface area contributed by atoms with Crippen LogP contribution in [0.5, 0.6) is 5.75 Å². The number of likely N-dealkylation sites (tertiary alicyclic amines) is 1. The Bertz CT molecular complexity index is 476. The topological polar surface area (TPSA) is 49.8 Å². The highest BCUT2D eigenvalue weighted by atomic mass is 35.5. The number of piperidine rings is 1. The molecule has 1 aliphatic rings. The zero-order valence-corrected chi connectivity index (χ0v) is 13.2. The highest BCUT2D eigenvalue weighted by Crippen LogP contribution is 2.32. The van der Waals surface area contributed by atoms with Crippen molar-refractivity contribution in [2.24, 2.45) is 5.92 Å². The van der Waals surface area contributed by atoms with Crippen molar-refractivity contribution < 1.29 is 14.6 Å². The Balaban J connectivity index is 1.79. The molecule has 1 aromatic carbocycles. The minimum atomic E-state index is -0.721. The molecule has 1 atom stereocenters. The highest BCUT2D eigenvalue weighted by molar-refractivity contribution is 6.37. The molecule has 0 bridgehead atoms. The fraction of sp³-hybridized carbons (Fsp3) is 0.533. The maximum absolute atomic E-state index is 10.8. The molecule has 2 rings (SSSR count). The molecule has 1 unspecified atom stereocenters. The van der Waals surface area contributed by atoms with Gasteiger partial charge in [-0.05, 0) is 37.4 Å². The monoisotopic (exact) mass is 331 g/mol. The van der Waals surface area contributed by atoms with Crippen LogP contribution in [0.2, 0.25) is 10.0 Å². The predicted molar refractivity (Wildman–Crippen MR) is 83.4 cm³/mol. The fourth-order valence-electron chi connectivity index (χ4n) is 2.67. The lowest BCUT2D eigenvalue weighted by molar-refractivity contribution is -0.138. The summed E-state index contributed by atoms with van der Waals surface area (Å²) in [6.45, 7) is 3.03. The zero-order valence-electron chi connectivity index (χ0n) is 11.7. The van der Waals surface area contributed by atoms with E-state index in [0.717, 1.165) is 32.5 Å². The van der Waals surface area contributed by atoms with E-state index >= 15 is 0 Å². The standard InChI is InChI=1S/C15H19Cl2NO3/c16-12-4-1-5-13(17)15(12)21-8-7-18-6-2-3-11(10-18)9-14(19)20/h1,4-5,11H,2-3,6-10H2,(H,19,20). The number of halogens is 2. The number of carboxylic acids is 1. The Morgan fingerprint density at radius 3 is 2.76 bits per heavy atom. The lowest BCUT2D eigenvalue weighted by Crippen LogP contribution is -2.38. The molecule has 1 fully saturated rings. The van der Waals surface area contributed by atoms with E-state index in [4.69, 9.17) is 33.0 Å². The third-order valence-electron chi connectivity index (χ3n) is 3.64. The molecule has 116 valence electrons. The quantitative estimate of drug-likeness (QED) is 0.865. The first-order valence-corrected chi connectivity index (χ1v) is 7.83. The maximum Gasteiger partial charge on any atom is 0.303 e. The average Bonchev–Trinajstić information content (AvgIpc) is 2.42. The molecule has 0 radical (unpaired) electrons. The zero-order chi connectivity index (χ0) is 15.2. The highest BCUT2D eigenvalue weighted by Gasteiger charge is 2.21. The molecule has 1 heterocycles.